The Balaban J connectivity index is 2.12. The van der Waals surface area contributed by atoms with Gasteiger partial charge in [-0.3, -0.25) is 0 Å². The number of aryl methyl sites for hydroxylation is 5. The van der Waals surface area contributed by atoms with E-state index >= 15 is 0 Å². The van der Waals surface area contributed by atoms with Gasteiger partial charge < -0.3 is 0 Å². The lowest BCUT2D eigenvalue weighted by molar-refractivity contribution is 1.24. The first-order chi connectivity index (χ1) is 60.8. The van der Waals surface area contributed by atoms with Gasteiger partial charge in [-0.05, 0) is 342 Å². The topological polar surface area (TPSA) is 0 Å². The highest BCUT2D eigenvalue weighted by Crippen LogP contribution is 2.54. The van der Waals surface area contributed by atoms with Crippen LogP contribution >= 0.6 is 0 Å². The van der Waals surface area contributed by atoms with Crippen LogP contribution < -0.4 is 38.2 Å². The molecule has 0 aromatic heterocycles. The van der Waals surface area contributed by atoms with Crippen molar-refractivity contribution in [3.8, 4) is 285 Å². The van der Waals surface area contributed by atoms with Crippen LogP contribution in [0.15, 0.2) is 0 Å². The number of fused-ring (bicyclic) bond motifs is 6. The third kappa shape index (κ3) is 19.9. The van der Waals surface area contributed by atoms with Gasteiger partial charge in [0.15, 0.2) is 0 Å². The zero-order valence-electron chi connectivity index (χ0n) is 80.6. The molecule has 0 bridgehead atoms. The molecule has 0 unspecified atom stereocenters. The molecular formula is C94H81B33. The Kier molecular flexibility index (Phi) is 35.9. The zero-order valence-corrected chi connectivity index (χ0v) is 80.6. The highest BCUT2D eigenvalue weighted by molar-refractivity contribution is 7.89. The standard InChI is InChI=1S/C94H81B33/c1-18-26-32-36-39-41-44-47-53-69-70(55-48-43-40-37-33-27-19-2)79-73(56-49-42-38-34-28-20-3)80(71(54-46-35-29-21-4)72(52-45-30-22-5)82(79)81-68(51-31-23-6)67(50-24-7)66(25-8)65(17)74(69)81)83-75-61(13)57(9)59(11)63(15)77(75)84(78-64(16)60(12)58(10)62(14)76(78)83)86-89(113-96)88(95)85-87(90(86)117(100)114-97)91(118(101)122(102)103)93(119(115-98)123(104)105)94(120(124(106)107)125(108)109)92(85)121(126(110)111)127(112)116-99/h1,3-4,6,8,113-116H,95-112H2,2,5,7,9-17H3. The lowest BCUT2D eigenvalue weighted by Crippen LogP contribution is -2.80. The summed E-state index contributed by atoms with van der Waals surface area (Å²) in [5.41, 5.74) is 27.0. The number of benzene rings is 8. The van der Waals surface area contributed by atoms with Crippen molar-refractivity contribution in [2.24, 2.45) is 0 Å². The van der Waals surface area contributed by atoms with Crippen LogP contribution in [-0.2, 0) is 0 Å². The van der Waals surface area contributed by atoms with E-state index in [2.05, 4.69) is 426 Å². The molecule has 8 rings (SSSR count). The molecule has 0 saturated carbocycles. The van der Waals surface area contributed by atoms with Gasteiger partial charge in [-0.2, -0.15) is 0 Å². The molecule has 0 radical (unpaired) electrons. The molecule has 0 aliphatic carbocycles. The summed E-state index contributed by atoms with van der Waals surface area (Å²) >= 11 is 0. The minimum absolute atomic E-state index is 0.0389. The summed E-state index contributed by atoms with van der Waals surface area (Å²) < 4.78 is 0. The van der Waals surface area contributed by atoms with Crippen LogP contribution in [0.4, 0.5) is 0 Å². The third-order valence-corrected chi connectivity index (χ3v) is 26.2. The number of hydrogen-bond donors (Lipinski definition) is 0. The van der Waals surface area contributed by atoms with E-state index < -0.39 is 0 Å². The van der Waals surface area contributed by atoms with Gasteiger partial charge in [0.05, 0.1) is 212 Å². The van der Waals surface area contributed by atoms with Crippen molar-refractivity contribution < 1.29 is 0 Å². The van der Waals surface area contributed by atoms with Crippen molar-refractivity contribution in [3.63, 3.8) is 0 Å². The van der Waals surface area contributed by atoms with Crippen LogP contribution in [0.1, 0.15) is 115 Å². The monoisotopic (exact) mass is 1570 g/mol. The number of terminal acetylenes is 5. The Morgan fingerprint density at radius 2 is 0.638 bits per heavy atom. The maximum absolute atomic E-state index is 6.76. The van der Waals surface area contributed by atoms with Gasteiger partial charge >= 0.3 is 0 Å². The quantitative estimate of drug-likeness (QED) is 0.0369. The molecule has 0 spiro atoms. The summed E-state index contributed by atoms with van der Waals surface area (Å²) in [5, 5.41) is 9.02. The second-order valence-corrected chi connectivity index (χ2v) is 34.5. The first kappa shape index (κ1) is 99.9. The van der Waals surface area contributed by atoms with Crippen LogP contribution in [0.2, 0.25) is 0 Å². The highest BCUT2D eigenvalue weighted by atomic mass is 14.4. The molecule has 0 aliphatic rings. The molecule has 33 heteroatoms. The van der Waals surface area contributed by atoms with Crippen LogP contribution in [0.3, 0.4) is 0 Å². The first-order valence-corrected chi connectivity index (χ1v) is 44.3. The molecule has 8 aromatic carbocycles. The maximum Gasteiger partial charge on any atom is 0.139 e. The van der Waals surface area contributed by atoms with Gasteiger partial charge in [0.2, 0.25) is 0 Å². The second kappa shape index (κ2) is 45.6. The average Bonchev–Trinajstić information content (AvgIpc) is 0.677. The Bertz CT molecular complexity index is 7480. The fourth-order valence-electron chi connectivity index (χ4n) is 19.6. The van der Waals surface area contributed by atoms with E-state index in [0.717, 1.165) is 88.8 Å². The lowest BCUT2D eigenvalue weighted by atomic mass is 8.66. The maximum atomic E-state index is 6.76. The van der Waals surface area contributed by atoms with E-state index in [9.17, 15) is 0 Å². The Hall–Kier alpha value is -12.5. The van der Waals surface area contributed by atoms with Crippen molar-refractivity contribution in [2.75, 3.05) is 0 Å². The molecule has 0 atom stereocenters. The molecule has 0 saturated heterocycles. The SMILES string of the molecule is BBB(B)B(B(B)B)c1c(B(B(B)B)B(B)B)c(B(BB)B(B)B)c(B(B)B(B)B)c2c(B(B)BB)c(-c3c4c(C)c(C)c(C)c(C)c4c(-c4c(C#CC#CC#C)c(C#CC#CC)c5c(c4C#CC#CC#CC#C)c(C#CC#CC#CC#CC)c(C#CC#CC#CC#CC#C)c4c(C)c(C#C)c(C#CC)c(C#CC#C)c45)c4c(C)c(C)c(C)c(C)c34)c(BB)c(B)c12. The summed E-state index contributed by atoms with van der Waals surface area (Å²) in [7, 11) is 48.4. The van der Waals surface area contributed by atoms with Gasteiger partial charge in [-0.15, -0.1) is 49.0 Å². The van der Waals surface area contributed by atoms with Crippen molar-refractivity contribution in [1.82, 2.24) is 0 Å². The van der Waals surface area contributed by atoms with Gasteiger partial charge in [-0.1, -0.05) is 86.5 Å². The minimum atomic E-state index is 0.0389. The van der Waals surface area contributed by atoms with Gasteiger partial charge in [0, 0.05) is 89.2 Å². The summed E-state index contributed by atoms with van der Waals surface area (Å²) in [6.07, 6.45) is 32.4. The van der Waals surface area contributed by atoms with Gasteiger partial charge in [0.1, 0.15) is 15.0 Å². The molecule has 8 aromatic rings. The van der Waals surface area contributed by atoms with Gasteiger partial charge in [-0.25, -0.2) is 0 Å². The number of hydrogen-bond acceptors (Lipinski definition) is 0. The predicted molar refractivity (Wildman–Crippen MR) is 637 cm³/mol. The highest BCUT2D eigenvalue weighted by Gasteiger charge is 2.44. The van der Waals surface area contributed by atoms with E-state index in [0.29, 0.717) is 109 Å². The van der Waals surface area contributed by atoms with Crippen LogP contribution in [0.25, 0.3) is 76.1 Å². The summed E-state index contributed by atoms with van der Waals surface area (Å²) in [4.78, 5) is 0. The van der Waals surface area contributed by atoms with E-state index in [1.807, 2.05) is 6.92 Å². The van der Waals surface area contributed by atoms with Crippen molar-refractivity contribution in [2.45, 2.75) is 83.1 Å². The lowest BCUT2D eigenvalue weighted by Gasteiger charge is -2.42. The summed E-state index contributed by atoms with van der Waals surface area (Å²) in [6.45, 7) is 26.4. The first-order valence-electron chi connectivity index (χ1n) is 44.3. The second-order valence-electron chi connectivity index (χ2n) is 34.5. The minimum Gasteiger partial charge on any atom is -0.115 e. The molecule has 0 heterocycles. The largest absolute Gasteiger partial charge is 0.139 e. The molecule has 556 valence electrons. The summed E-state index contributed by atoms with van der Waals surface area (Å²) in [5.74, 6) is 118. The molecule has 0 amide bonds. The fourth-order valence-corrected chi connectivity index (χ4v) is 19.6. The molecule has 0 N–H and O–H groups in total. The fraction of sp³-hybridized carbons (Fsp3) is 0.128. The number of rotatable bonds is 17. The van der Waals surface area contributed by atoms with E-state index in [1.54, 1.807) is 37.2 Å². The molecular weight excluding hydrogens is 1490 g/mol. The predicted octanol–water partition coefficient (Wildman–Crippen LogP) is -14.4. The Morgan fingerprint density at radius 3 is 1.04 bits per heavy atom. The van der Waals surface area contributed by atoms with E-state index in [1.165, 1.54) is 54.9 Å². The van der Waals surface area contributed by atoms with Crippen LogP contribution in [0, 0.1) is 325 Å². The van der Waals surface area contributed by atoms with Crippen LogP contribution in [0.5, 0.6) is 0 Å². The van der Waals surface area contributed by atoms with E-state index in [-0.39, 0.29) is 38.9 Å². The third-order valence-electron chi connectivity index (χ3n) is 26.2. The summed E-state index contributed by atoms with van der Waals surface area (Å²) in [6, 6.07) is 0. The van der Waals surface area contributed by atoms with Crippen molar-refractivity contribution >= 4 is 331 Å². The smallest absolute Gasteiger partial charge is 0.115 e. The Morgan fingerprint density at radius 1 is 0.260 bits per heavy atom. The van der Waals surface area contributed by atoms with Crippen molar-refractivity contribution in [3.05, 3.63) is 94.6 Å². The van der Waals surface area contributed by atoms with Crippen molar-refractivity contribution in [1.29, 1.82) is 0 Å². The molecule has 0 aliphatic heterocycles. The normalized spacial score (nSPS) is 9.03. The molecule has 0 nitrogen and oxygen atoms in total. The van der Waals surface area contributed by atoms with Gasteiger partial charge in [0.25, 0.3) is 0 Å². The zero-order chi connectivity index (χ0) is 93.7. The Labute approximate surface area is 787 Å². The molecule has 127 heavy (non-hydrogen) atoms. The molecule has 0 fully saturated rings. The average molecular weight is 1570 g/mol. The van der Waals surface area contributed by atoms with Crippen LogP contribution in [-0.4, -0.2) is 239 Å². The van der Waals surface area contributed by atoms with E-state index in [4.69, 9.17) is 32.1 Å².